The molecule has 1 heteroatoms. The number of benzene rings is 2. The molecule has 0 aliphatic carbocycles. The molecule has 0 N–H and O–H groups in total. The molecule has 112 valence electrons. The molecule has 0 spiro atoms. The van der Waals surface area contributed by atoms with Crippen molar-refractivity contribution in [2.24, 2.45) is 0 Å². The van der Waals surface area contributed by atoms with E-state index in [0.29, 0.717) is 0 Å². The van der Waals surface area contributed by atoms with Gasteiger partial charge in [0.05, 0.1) is 0 Å². The second-order valence-electron chi connectivity index (χ2n) is 5.92. The number of hydrogen-bond donors (Lipinski definition) is 0. The zero-order valence-corrected chi connectivity index (χ0v) is 13.3. The molecule has 0 saturated carbocycles. The average Bonchev–Trinajstić information content (AvgIpc) is 2.58. The van der Waals surface area contributed by atoms with Crippen molar-refractivity contribution >= 4 is 0 Å². The Bertz CT molecular complexity index is 446. The topological polar surface area (TPSA) is 3.24 Å². The van der Waals surface area contributed by atoms with Gasteiger partial charge < -0.3 is 4.90 Å². The summed E-state index contributed by atoms with van der Waals surface area (Å²) in [6, 6.07) is 21.6. The molecular weight excluding hydrogens is 254 g/mol. The van der Waals surface area contributed by atoms with Gasteiger partial charge in [-0.2, -0.15) is 0 Å². The van der Waals surface area contributed by atoms with E-state index in [1.807, 2.05) is 12.1 Å². The van der Waals surface area contributed by atoms with Crippen molar-refractivity contribution in [3.63, 3.8) is 0 Å². The minimum atomic E-state index is 0.769. The van der Waals surface area contributed by atoms with E-state index in [0.717, 1.165) is 6.04 Å². The van der Waals surface area contributed by atoms with Gasteiger partial charge in [-0.25, -0.2) is 0 Å². The lowest BCUT2D eigenvalue weighted by Crippen LogP contribution is -2.35. The molecule has 0 bridgehead atoms. The van der Waals surface area contributed by atoms with Crippen molar-refractivity contribution in [2.45, 2.75) is 39.2 Å². The van der Waals surface area contributed by atoms with Gasteiger partial charge in [-0.15, -0.1) is 0 Å². The fraction of sp³-hybridized carbons (Fsp3) is 0.400. The summed E-state index contributed by atoms with van der Waals surface area (Å²) in [5.74, 6) is 0. The summed E-state index contributed by atoms with van der Waals surface area (Å²) in [5.41, 5.74) is 2.55. The highest BCUT2D eigenvalue weighted by atomic mass is 15.1. The van der Waals surface area contributed by atoms with Crippen LogP contribution in [0.1, 0.15) is 33.1 Å². The molecule has 21 heavy (non-hydrogen) atoms. The van der Waals surface area contributed by atoms with E-state index in [1.165, 1.54) is 43.5 Å². The smallest absolute Gasteiger partial charge is 0.00385 e. The van der Waals surface area contributed by atoms with Gasteiger partial charge in [-0.3, -0.25) is 0 Å². The number of nitrogens with zero attached hydrogens (tertiary/aromatic N) is 1. The van der Waals surface area contributed by atoms with Crippen LogP contribution in [0.4, 0.5) is 0 Å². The molecular formula is C20H27N. The molecule has 1 aliphatic rings. The number of piperidine rings is 1. The summed E-state index contributed by atoms with van der Waals surface area (Å²) in [4.78, 5) is 2.56. The Morgan fingerprint density at radius 3 is 1.43 bits per heavy atom. The van der Waals surface area contributed by atoms with E-state index in [-0.39, 0.29) is 0 Å². The lowest BCUT2D eigenvalue weighted by atomic mass is 10.1. The van der Waals surface area contributed by atoms with Gasteiger partial charge in [0.15, 0.2) is 0 Å². The summed E-state index contributed by atoms with van der Waals surface area (Å²) in [5, 5.41) is 0. The predicted molar refractivity (Wildman–Crippen MR) is 92.4 cm³/mol. The number of hydrogen-bond acceptors (Lipinski definition) is 1. The molecule has 3 rings (SSSR count). The molecule has 0 unspecified atom stereocenters. The van der Waals surface area contributed by atoms with E-state index < -0.39 is 0 Å². The third-order valence-electron chi connectivity index (χ3n) is 4.00. The molecule has 1 nitrogen and oxygen atoms in total. The van der Waals surface area contributed by atoms with Gasteiger partial charge in [-0.1, -0.05) is 67.1 Å². The monoisotopic (exact) mass is 281 g/mol. The number of likely N-dealkylation sites (tertiary alicyclic amines) is 1. The van der Waals surface area contributed by atoms with E-state index >= 15 is 0 Å². The second kappa shape index (κ2) is 8.63. The van der Waals surface area contributed by atoms with Gasteiger partial charge in [-0.05, 0) is 50.9 Å². The van der Waals surface area contributed by atoms with E-state index in [4.69, 9.17) is 0 Å². The van der Waals surface area contributed by atoms with Crippen molar-refractivity contribution in [1.29, 1.82) is 0 Å². The van der Waals surface area contributed by atoms with Crippen molar-refractivity contribution in [1.82, 2.24) is 4.90 Å². The Kier molecular flexibility index (Phi) is 6.49. The lowest BCUT2D eigenvalue weighted by molar-refractivity contribution is 0.185. The summed E-state index contributed by atoms with van der Waals surface area (Å²) >= 11 is 0. The molecule has 0 aromatic heterocycles. The predicted octanol–water partition coefficient (Wildman–Crippen LogP) is 5.23. The minimum Gasteiger partial charge on any atom is -0.301 e. The first-order valence-corrected chi connectivity index (χ1v) is 8.12. The number of rotatable bonds is 2. The Balaban J connectivity index is 0.000000161. The van der Waals surface area contributed by atoms with Gasteiger partial charge >= 0.3 is 0 Å². The normalized spacial score (nSPS) is 15.4. The molecule has 2 aromatic rings. The highest BCUT2D eigenvalue weighted by molar-refractivity contribution is 5.62. The van der Waals surface area contributed by atoms with E-state index in [9.17, 15) is 0 Å². The molecule has 0 amide bonds. The molecule has 2 aromatic carbocycles. The van der Waals surface area contributed by atoms with Crippen LogP contribution in [-0.4, -0.2) is 24.0 Å². The van der Waals surface area contributed by atoms with Crippen LogP contribution >= 0.6 is 0 Å². The lowest BCUT2D eigenvalue weighted by Gasteiger charge is -2.29. The summed E-state index contributed by atoms with van der Waals surface area (Å²) in [6.07, 6.45) is 4.28. The SMILES string of the molecule is CC(C)N1CCCCC1.c1ccc(-c2ccccc2)cc1. The quantitative estimate of drug-likeness (QED) is 0.728. The molecule has 1 fully saturated rings. The van der Waals surface area contributed by atoms with Crippen molar-refractivity contribution in [2.75, 3.05) is 13.1 Å². The van der Waals surface area contributed by atoms with Crippen LogP contribution in [-0.2, 0) is 0 Å². The van der Waals surface area contributed by atoms with Crippen LogP contribution in [0.2, 0.25) is 0 Å². The Morgan fingerprint density at radius 2 is 1.10 bits per heavy atom. The summed E-state index contributed by atoms with van der Waals surface area (Å²) < 4.78 is 0. The zero-order chi connectivity index (χ0) is 14.9. The van der Waals surface area contributed by atoms with Gasteiger partial charge in [0.1, 0.15) is 0 Å². The Hall–Kier alpha value is -1.60. The van der Waals surface area contributed by atoms with E-state index in [2.05, 4.69) is 67.3 Å². The molecule has 1 heterocycles. The van der Waals surface area contributed by atoms with Crippen LogP contribution in [0.5, 0.6) is 0 Å². The molecule has 1 saturated heterocycles. The average molecular weight is 281 g/mol. The largest absolute Gasteiger partial charge is 0.301 e. The second-order valence-corrected chi connectivity index (χ2v) is 5.92. The zero-order valence-electron chi connectivity index (χ0n) is 13.3. The highest BCUT2D eigenvalue weighted by Crippen LogP contribution is 2.17. The Labute approximate surface area is 129 Å². The summed E-state index contributed by atoms with van der Waals surface area (Å²) in [7, 11) is 0. The van der Waals surface area contributed by atoms with E-state index in [1.54, 1.807) is 0 Å². The minimum absolute atomic E-state index is 0.769. The van der Waals surface area contributed by atoms with Gasteiger partial charge in [0.2, 0.25) is 0 Å². The van der Waals surface area contributed by atoms with Crippen molar-refractivity contribution in [3.8, 4) is 11.1 Å². The Morgan fingerprint density at radius 1 is 0.667 bits per heavy atom. The fourth-order valence-electron chi connectivity index (χ4n) is 2.70. The fourth-order valence-corrected chi connectivity index (χ4v) is 2.70. The first-order chi connectivity index (χ1) is 10.3. The van der Waals surface area contributed by atoms with Crippen molar-refractivity contribution in [3.05, 3.63) is 60.7 Å². The maximum Gasteiger partial charge on any atom is 0.00385 e. The van der Waals surface area contributed by atoms with Crippen LogP contribution in [0.3, 0.4) is 0 Å². The molecule has 0 atom stereocenters. The maximum atomic E-state index is 2.56. The summed E-state index contributed by atoms with van der Waals surface area (Å²) in [6.45, 7) is 7.23. The van der Waals surface area contributed by atoms with Gasteiger partial charge in [0, 0.05) is 6.04 Å². The van der Waals surface area contributed by atoms with Crippen LogP contribution in [0.15, 0.2) is 60.7 Å². The molecule has 1 aliphatic heterocycles. The first kappa shape index (κ1) is 15.8. The van der Waals surface area contributed by atoms with Crippen LogP contribution < -0.4 is 0 Å². The third-order valence-corrected chi connectivity index (χ3v) is 4.00. The van der Waals surface area contributed by atoms with Crippen LogP contribution in [0, 0.1) is 0 Å². The van der Waals surface area contributed by atoms with Crippen LogP contribution in [0.25, 0.3) is 11.1 Å². The standard InChI is InChI=1S/C12H10.C8H17N/c1-3-7-11(8-4-1)12-9-5-2-6-10-12;1-8(2)9-6-4-3-5-7-9/h1-10H;8H,3-7H2,1-2H3. The van der Waals surface area contributed by atoms with Gasteiger partial charge in [0.25, 0.3) is 0 Å². The first-order valence-electron chi connectivity index (χ1n) is 8.12. The highest BCUT2D eigenvalue weighted by Gasteiger charge is 2.11. The third kappa shape index (κ3) is 5.35. The van der Waals surface area contributed by atoms with Crippen molar-refractivity contribution < 1.29 is 0 Å². The maximum absolute atomic E-state index is 2.56. The molecule has 0 radical (unpaired) electrons.